The number of nitrogens with one attached hydrogen (secondary N) is 1. The lowest BCUT2D eigenvalue weighted by Crippen LogP contribution is -2.51. The molecule has 0 saturated carbocycles. The number of carbonyl (C=O) groups excluding carboxylic acids is 3. The number of hydrazone groups is 1. The summed E-state index contributed by atoms with van der Waals surface area (Å²) in [6.45, 7) is 3.60. The maximum atomic E-state index is 12.9. The number of esters is 3. The Hall–Kier alpha value is -4.50. The lowest BCUT2D eigenvalue weighted by molar-refractivity contribution is -0.560. The van der Waals surface area contributed by atoms with E-state index in [9.17, 15) is 14.4 Å². The summed E-state index contributed by atoms with van der Waals surface area (Å²) in [5.41, 5.74) is 4.03. The van der Waals surface area contributed by atoms with Gasteiger partial charge in [0.1, 0.15) is 12.7 Å². The molecule has 1 aliphatic rings. The number of carbonyl (C=O) groups is 3. The number of hydrazine groups is 1. The van der Waals surface area contributed by atoms with Crippen molar-refractivity contribution in [2.45, 2.75) is 24.5 Å². The van der Waals surface area contributed by atoms with Gasteiger partial charge < -0.3 is 18.9 Å². The van der Waals surface area contributed by atoms with E-state index in [1.165, 1.54) is 4.68 Å². The highest BCUT2D eigenvalue weighted by atomic mass is 16.7. The van der Waals surface area contributed by atoms with Crippen molar-refractivity contribution in [3.63, 3.8) is 0 Å². The summed E-state index contributed by atoms with van der Waals surface area (Å²) in [7, 11) is 1.65. The molecule has 0 spiro atoms. The summed E-state index contributed by atoms with van der Waals surface area (Å²) in [4.78, 5) is 38.3. The van der Waals surface area contributed by atoms with E-state index in [2.05, 4.69) is 12.1 Å². The molecular weight excluding hydrogens is 476 g/mol. The molecule has 3 aromatic rings. The summed E-state index contributed by atoms with van der Waals surface area (Å²) in [5, 5.41) is 0. The number of hydrogen-bond donors (Lipinski definition) is 1. The predicted molar refractivity (Wildman–Crippen MR) is 133 cm³/mol. The van der Waals surface area contributed by atoms with E-state index in [0.717, 1.165) is 0 Å². The minimum Gasteiger partial charge on any atom is -0.459 e. The molecule has 0 amide bonds. The zero-order valence-corrected chi connectivity index (χ0v) is 20.2. The van der Waals surface area contributed by atoms with Crippen LogP contribution in [0.1, 0.15) is 31.1 Å². The van der Waals surface area contributed by atoms with Crippen LogP contribution in [0.25, 0.3) is 0 Å². The summed E-state index contributed by atoms with van der Waals surface area (Å²) >= 11 is 0. The van der Waals surface area contributed by atoms with Gasteiger partial charge in [0, 0.05) is 0 Å². The second-order valence-corrected chi connectivity index (χ2v) is 8.37. The molecule has 9 nitrogen and oxygen atoms in total. The first-order valence-corrected chi connectivity index (χ1v) is 11.6. The molecule has 2 unspecified atom stereocenters. The lowest BCUT2D eigenvalue weighted by atomic mass is 10.1. The first kappa shape index (κ1) is 25.6. The molecule has 4 atom stereocenters. The molecule has 1 N–H and O–H groups in total. The Bertz CT molecular complexity index is 1240. The maximum absolute atomic E-state index is 12.9. The van der Waals surface area contributed by atoms with Crippen LogP contribution in [-0.2, 0) is 18.9 Å². The van der Waals surface area contributed by atoms with Gasteiger partial charge in [0.15, 0.2) is 25.9 Å². The molecule has 190 valence electrons. The second-order valence-electron chi connectivity index (χ2n) is 8.37. The molecule has 3 aromatic carbocycles. The second kappa shape index (κ2) is 12.0. The SMILES string of the molecule is C=[N+](C)NC1C(OC(=O)c2ccccc2)[C@@H](OC(=O)c2ccccc2)O[C@@H]1COC(=O)c1ccccc1. The van der Waals surface area contributed by atoms with Gasteiger partial charge in [-0.3, -0.25) is 0 Å². The van der Waals surface area contributed by atoms with Gasteiger partial charge in [0.05, 0.1) is 16.7 Å². The van der Waals surface area contributed by atoms with Gasteiger partial charge in [-0.15, -0.1) is 4.68 Å². The Morgan fingerprint density at radius 3 is 1.73 bits per heavy atom. The average Bonchev–Trinajstić information content (AvgIpc) is 3.23. The van der Waals surface area contributed by atoms with Crippen LogP contribution in [-0.4, -0.2) is 67.5 Å². The van der Waals surface area contributed by atoms with Gasteiger partial charge in [-0.25, -0.2) is 14.4 Å². The van der Waals surface area contributed by atoms with Crippen molar-refractivity contribution in [3.05, 3.63) is 108 Å². The van der Waals surface area contributed by atoms with Crippen LogP contribution in [0.4, 0.5) is 0 Å². The highest BCUT2D eigenvalue weighted by molar-refractivity contribution is 5.90. The van der Waals surface area contributed by atoms with Gasteiger partial charge in [-0.2, -0.15) is 5.43 Å². The molecule has 1 saturated heterocycles. The Morgan fingerprint density at radius 1 is 0.784 bits per heavy atom. The van der Waals surface area contributed by atoms with E-state index >= 15 is 0 Å². The van der Waals surface area contributed by atoms with Crippen LogP contribution in [0.3, 0.4) is 0 Å². The van der Waals surface area contributed by atoms with Crippen LogP contribution >= 0.6 is 0 Å². The third kappa shape index (κ3) is 6.59. The van der Waals surface area contributed by atoms with Gasteiger partial charge in [0.2, 0.25) is 6.29 Å². The number of ether oxygens (including phenoxy) is 4. The molecule has 0 bridgehead atoms. The van der Waals surface area contributed by atoms with E-state index in [1.54, 1.807) is 98.0 Å². The number of hydrogen-bond acceptors (Lipinski definition) is 8. The number of rotatable bonds is 9. The topological polar surface area (TPSA) is 103 Å². The normalized spacial score (nSPS) is 20.5. The van der Waals surface area contributed by atoms with Gasteiger partial charge in [0.25, 0.3) is 0 Å². The van der Waals surface area contributed by atoms with Crippen molar-refractivity contribution >= 4 is 24.6 Å². The highest BCUT2D eigenvalue weighted by Gasteiger charge is 2.52. The maximum Gasteiger partial charge on any atom is 0.340 e. The monoisotopic (exact) mass is 503 g/mol. The molecule has 1 fully saturated rings. The molecule has 1 aliphatic heterocycles. The number of benzene rings is 3. The van der Waals surface area contributed by atoms with Crippen molar-refractivity contribution in [2.24, 2.45) is 0 Å². The fraction of sp³-hybridized carbons (Fsp3) is 0.214. The van der Waals surface area contributed by atoms with Gasteiger partial charge >= 0.3 is 17.9 Å². The quantitative estimate of drug-likeness (QED) is 0.156. The predicted octanol–water partition coefficient (Wildman–Crippen LogP) is 2.87. The standard InChI is InChI=1S/C28H27N2O7/c1-30(2)29-23-22(18-34-25(31)19-12-6-3-7-13-19)35-28(37-27(33)21-16-10-5-11-17-21)24(23)36-26(32)20-14-8-4-9-15-20/h3-17,22-24,28-29H,1,18H2,2H3/q+1/t22-,23?,24?,28-/m1/s1. The van der Waals surface area contributed by atoms with Crippen molar-refractivity contribution < 1.29 is 38.0 Å². The molecule has 0 radical (unpaired) electrons. The summed E-state index contributed by atoms with van der Waals surface area (Å²) in [6.07, 6.45) is -3.19. The van der Waals surface area contributed by atoms with Crippen LogP contribution in [0.15, 0.2) is 91.0 Å². The smallest absolute Gasteiger partial charge is 0.340 e. The zero-order chi connectivity index (χ0) is 26.2. The highest BCUT2D eigenvalue weighted by Crippen LogP contribution is 2.28. The van der Waals surface area contributed by atoms with E-state index in [0.29, 0.717) is 16.7 Å². The fourth-order valence-electron chi connectivity index (χ4n) is 3.82. The van der Waals surface area contributed by atoms with E-state index in [4.69, 9.17) is 18.9 Å². The van der Waals surface area contributed by atoms with Crippen molar-refractivity contribution in [1.82, 2.24) is 5.43 Å². The van der Waals surface area contributed by atoms with Crippen LogP contribution < -0.4 is 5.43 Å². The van der Waals surface area contributed by atoms with Crippen LogP contribution in [0, 0.1) is 0 Å². The van der Waals surface area contributed by atoms with Crippen molar-refractivity contribution in [1.29, 1.82) is 0 Å². The van der Waals surface area contributed by atoms with E-state index in [1.807, 2.05) is 0 Å². The number of nitrogens with zero attached hydrogens (tertiary/aromatic N) is 1. The van der Waals surface area contributed by atoms with Crippen molar-refractivity contribution in [3.8, 4) is 0 Å². The van der Waals surface area contributed by atoms with Gasteiger partial charge in [-0.1, -0.05) is 54.6 Å². The Labute approximate surface area is 214 Å². The summed E-state index contributed by atoms with van der Waals surface area (Å²) in [6, 6.07) is 24.5. The Morgan fingerprint density at radius 2 is 1.24 bits per heavy atom. The third-order valence-corrected chi connectivity index (χ3v) is 5.57. The minimum atomic E-state index is -1.28. The molecular formula is C28H27N2O7+. The van der Waals surface area contributed by atoms with Crippen LogP contribution in [0.2, 0.25) is 0 Å². The first-order valence-electron chi connectivity index (χ1n) is 11.6. The fourth-order valence-corrected chi connectivity index (χ4v) is 3.82. The largest absolute Gasteiger partial charge is 0.459 e. The van der Waals surface area contributed by atoms with Gasteiger partial charge in [-0.05, 0) is 36.4 Å². The van der Waals surface area contributed by atoms with E-state index in [-0.39, 0.29) is 6.61 Å². The third-order valence-electron chi connectivity index (χ3n) is 5.57. The Kier molecular flexibility index (Phi) is 8.27. The zero-order valence-electron chi connectivity index (χ0n) is 20.2. The molecule has 9 heteroatoms. The molecule has 0 aliphatic carbocycles. The summed E-state index contributed by atoms with van der Waals surface area (Å²) in [5.74, 6) is -1.83. The molecule has 1 heterocycles. The molecule has 37 heavy (non-hydrogen) atoms. The first-order chi connectivity index (χ1) is 17.9. The van der Waals surface area contributed by atoms with Crippen molar-refractivity contribution in [2.75, 3.05) is 13.7 Å². The van der Waals surface area contributed by atoms with Crippen LogP contribution in [0.5, 0.6) is 0 Å². The average molecular weight is 504 g/mol. The van der Waals surface area contributed by atoms with E-state index < -0.39 is 42.4 Å². The minimum absolute atomic E-state index is 0.196. The summed E-state index contributed by atoms with van der Waals surface area (Å²) < 4.78 is 24.3. The molecule has 0 aromatic heterocycles. The molecule has 4 rings (SSSR count). The Balaban J connectivity index is 1.56. The lowest BCUT2D eigenvalue weighted by Gasteiger charge is -2.23.